The molecule has 2 N–H and O–H groups in total. The van der Waals surface area contributed by atoms with Crippen molar-refractivity contribution in [3.05, 3.63) is 36.7 Å². The molecule has 0 aliphatic carbocycles. The van der Waals surface area contributed by atoms with E-state index in [0.717, 1.165) is 24.0 Å². The zero-order valence-electron chi connectivity index (χ0n) is 11.0. The van der Waals surface area contributed by atoms with E-state index >= 15 is 0 Å². The lowest BCUT2D eigenvalue weighted by Crippen LogP contribution is -2.05. The summed E-state index contributed by atoms with van der Waals surface area (Å²) in [6.07, 6.45) is 0. The highest BCUT2D eigenvalue weighted by Gasteiger charge is 2.21. The molecule has 0 unspecified atom stereocenters. The van der Waals surface area contributed by atoms with Crippen LogP contribution in [0, 0.1) is 10.5 Å². The van der Waals surface area contributed by atoms with Gasteiger partial charge in [0.25, 0.3) is 0 Å². The number of halogens is 2. The molecule has 0 radical (unpaired) electrons. The van der Waals surface area contributed by atoms with Crippen molar-refractivity contribution < 1.29 is 9.53 Å². The highest BCUT2D eigenvalue weighted by atomic mass is 127. The first kappa shape index (κ1) is 15.8. The summed E-state index contributed by atoms with van der Waals surface area (Å²) in [5, 5.41) is 0. The van der Waals surface area contributed by atoms with E-state index in [2.05, 4.69) is 38.5 Å². The quantitative estimate of drug-likeness (QED) is 0.520. The van der Waals surface area contributed by atoms with Crippen molar-refractivity contribution >= 4 is 61.5 Å². The monoisotopic (exact) mass is 465 g/mol. The van der Waals surface area contributed by atoms with Gasteiger partial charge in [0.1, 0.15) is 4.88 Å². The fourth-order valence-electron chi connectivity index (χ4n) is 1.80. The van der Waals surface area contributed by atoms with Crippen LogP contribution in [0.15, 0.2) is 22.7 Å². The molecule has 20 heavy (non-hydrogen) atoms. The Balaban J connectivity index is 2.56. The number of esters is 1. The van der Waals surface area contributed by atoms with Crippen molar-refractivity contribution in [2.24, 2.45) is 0 Å². The van der Waals surface area contributed by atoms with Gasteiger partial charge in [0.15, 0.2) is 0 Å². The lowest BCUT2D eigenvalue weighted by Gasteiger charge is -2.04. The SMILES string of the molecule is CCOC(=O)c1sc(-c2cc(Br)ccc2I)c(C)c1N. The maximum atomic E-state index is 11.9. The number of ether oxygens (including phenoxy) is 1. The van der Waals surface area contributed by atoms with Crippen molar-refractivity contribution in [2.45, 2.75) is 13.8 Å². The molecule has 1 aromatic heterocycles. The first-order chi connectivity index (χ1) is 9.45. The van der Waals surface area contributed by atoms with Crippen LogP contribution in [0.4, 0.5) is 5.69 Å². The van der Waals surface area contributed by atoms with Crippen LogP contribution in [-0.2, 0) is 4.74 Å². The largest absolute Gasteiger partial charge is 0.462 e. The van der Waals surface area contributed by atoms with Crippen molar-refractivity contribution in [3.63, 3.8) is 0 Å². The van der Waals surface area contributed by atoms with Gasteiger partial charge < -0.3 is 10.5 Å². The first-order valence-electron chi connectivity index (χ1n) is 5.97. The Morgan fingerprint density at radius 3 is 2.85 bits per heavy atom. The molecule has 0 saturated carbocycles. The molecule has 0 aliphatic heterocycles. The van der Waals surface area contributed by atoms with E-state index in [9.17, 15) is 4.79 Å². The van der Waals surface area contributed by atoms with Crippen molar-refractivity contribution in [1.29, 1.82) is 0 Å². The Morgan fingerprint density at radius 1 is 1.50 bits per heavy atom. The van der Waals surface area contributed by atoms with Gasteiger partial charge in [-0.25, -0.2) is 4.79 Å². The minimum absolute atomic E-state index is 0.346. The summed E-state index contributed by atoms with van der Waals surface area (Å²) >= 11 is 7.14. The zero-order valence-corrected chi connectivity index (χ0v) is 15.6. The fraction of sp³-hybridized carbons (Fsp3) is 0.214. The summed E-state index contributed by atoms with van der Waals surface area (Å²) in [6.45, 7) is 4.06. The molecule has 0 amide bonds. The topological polar surface area (TPSA) is 52.3 Å². The summed E-state index contributed by atoms with van der Waals surface area (Å²) in [7, 11) is 0. The number of carbonyl (C=O) groups is 1. The molecule has 0 bridgehead atoms. The summed E-state index contributed by atoms with van der Waals surface area (Å²) in [5.41, 5.74) is 8.57. The fourth-order valence-corrected chi connectivity index (χ4v) is 4.10. The summed E-state index contributed by atoms with van der Waals surface area (Å²) in [5.74, 6) is -0.352. The van der Waals surface area contributed by atoms with Gasteiger partial charge in [0.2, 0.25) is 0 Å². The van der Waals surface area contributed by atoms with Gasteiger partial charge in [-0.3, -0.25) is 0 Å². The summed E-state index contributed by atoms with van der Waals surface area (Å²) < 4.78 is 7.16. The number of rotatable bonds is 3. The molecule has 0 aliphatic rings. The minimum Gasteiger partial charge on any atom is -0.462 e. The van der Waals surface area contributed by atoms with Crippen molar-refractivity contribution in [2.75, 3.05) is 12.3 Å². The average molecular weight is 466 g/mol. The van der Waals surface area contributed by atoms with E-state index in [1.165, 1.54) is 11.3 Å². The molecule has 1 aromatic carbocycles. The van der Waals surface area contributed by atoms with E-state index < -0.39 is 0 Å². The van der Waals surface area contributed by atoms with Gasteiger partial charge in [-0.1, -0.05) is 15.9 Å². The third-order valence-electron chi connectivity index (χ3n) is 2.83. The van der Waals surface area contributed by atoms with Gasteiger partial charge in [-0.05, 0) is 60.2 Å². The van der Waals surface area contributed by atoms with Gasteiger partial charge in [-0.15, -0.1) is 11.3 Å². The van der Waals surface area contributed by atoms with Crippen LogP contribution in [-0.4, -0.2) is 12.6 Å². The molecular formula is C14H13BrINO2S. The van der Waals surface area contributed by atoms with E-state index in [-0.39, 0.29) is 5.97 Å². The van der Waals surface area contributed by atoms with Crippen LogP contribution in [0.3, 0.4) is 0 Å². The van der Waals surface area contributed by atoms with Gasteiger partial charge in [0, 0.05) is 18.5 Å². The van der Waals surface area contributed by atoms with Crippen LogP contribution in [0.2, 0.25) is 0 Å². The van der Waals surface area contributed by atoms with Gasteiger partial charge in [-0.2, -0.15) is 0 Å². The van der Waals surface area contributed by atoms with E-state index in [1.54, 1.807) is 6.92 Å². The van der Waals surface area contributed by atoms with Crippen LogP contribution >= 0.6 is 49.9 Å². The second kappa shape index (κ2) is 6.44. The second-order valence-electron chi connectivity index (χ2n) is 4.14. The Morgan fingerprint density at radius 2 is 2.20 bits per heavy atom. The van der Waals surface area contributed by atoms with Gasteiger partial charge in [0.05, 0.1) is 12.3 Å². The third-order valence-corrected chi connectivity index (χ3v) is 5.58. The van der Waals surface area contributed by atoms with Crippen LogP contribution in [0.5, 0.6) is 0 Å². The number of hydrogen-bond acceptors (Lipinski definition) is 4. The molecule has 0 fully saturated rings. The molecule has 106 valence electrons. The van der Waals surface area contributed by atoms with Crippen LogP contribution in [0.25, 0.3) is 10.4 Å². The van der Waals surface area contributed by atoms with E-state index in [1.807, 2.05) is 25.1 Å². The highest BCUT2D eigenvalue weighted by Crippen LogP contribution is 2.41. The van der Waals surface area contributed by atoms with Crippen LogP contribution in [0.1, 0.15) is 22.2 Å². The van der Waals surface area contributed by atoms with E-state index in [0.29, 0.717) is 17.2 Å². The number of benzene rings is 1. The smallest absolute Gasteiger partial charge is 0.350 e. The maximum absolute atomic E-state index is 11.9. The number of hydrogen-bond donors (Lipinski definition) is 1. The standard InChI is InChI=1S/C14H13BrINO2S/c1-3-19-14(18)13-11(17)7(2)12(20-13)9-6-8(15)4-5-10(9)16/h4-6H,3,17H2,1-2H3. The molecule has 2 aromatic rings. The molecule has 1 heterocycles. The number of nitrogen functional groups attached to an aromatic ring is 1. The Kier molecular flexibility index (Phi) is 5.09. The van der Waals surface area contributed by atoms with E-state index in [4.69, 9.17) is 10.5 Å². The number of carbonyl (C=O) groups excluding carboxylic acids is 1. The minimum atomic E-state index is -0.352. The van der Waals surface area contributed by atoms with Gasteiger partial charge >= 0.3 is 5.97 Å². The molecule has 0 saturated heterocycles. The maximum Gasteiger partial charge on any atom is 0.350 e. The molecule has 2 rings (SSSR count). The highest BCUT2D eigenvalue weighted by molar-refractivity contribution is 14.1. The van der Waals surface area contributed by atoms with Crippen molar-refractivity contribution in [3.8, 4) is 10.4 Å². The predicted molar refractivity (Wildman–Crippen MR) is 95.3 cm³/mol. The average Bonchev–Trinajstić information content (AvgIpc) is 2.70. The summed E-state index contributed by atoms with van der Waals surface area (Å²) in [6, 6.07) is 6.05. The molecule has 3 nitrogen and oxygen atoms in total. The Labute approximate surface area is 143 Å². The van der Waals surface area contributed by atoms with Crippen LogP contribution < -0.4 is 5.73 Å². The number of anilines is 1. The lowest BCUT2D eigenvalue weighted by molar-refractivity contribution is 0.0533. The molecule has 0 atom stereocenters. The Hall–Kier alpha value is -0.600. The lowest BCUT2D eigenvalue weighted by atomic mass is 10.1. The number of nitrogens with two attached hydrogens (primary N) is 1. The Bertz CT molecular complexity index is 669. The third kappa shape index (κ3) is 3.01. The molecule has 6 heteroatoms. The zero-order chi connectivity index (χ0) is 14.9. The first-order valence-corrected chi connectivity index (χ1v) is 8.66. The number of thiophene rings is 1. The normalized spacial score (nSPS) is 10.6. The van der Waals surface area contributed by atoms with Crippen molar-refractivity contribution in [1.82, 2.24) is 0 Å². The predicted octanol–water partition coefficient (Wildman–Crippen LogP) is 4.85. The molecular weight excluding hydrogens is 453 g/mol. The second-order valence-corrected chi connectivity index (χ2v) is 7.24. The summed E-state index contributed by atoms with van der Waals surface area (Å²) in [4.78, 5) is 13.4. The molecule has 0 spiro atoms.